The van der Waals surface area contributed by atoms with E-state index in [2.05, 4.69) is 0 Å². The summed E-state index contributed by atoms with van der Waals surface area (Å²) in [4.78, 5) is 10.6. The number of hydrogen-bond acceptors (Lipinski definition) is 2. The maximum absolute atomic E-state index is 11.7. The molecule has 0 aromatic heterocycles. The monoisotopic (exact) mass is 294 g/mol. The van der Waals surface area contributed by atoms with Crippen molar-refractivity contribution in [1.82, 2.24) is 0 Å². The first-order valence-electron chi connectivity index (χ1n) is 4.92. The van der Waals surface area contributed by atoms with E-state index in [0.29, 0.717) is 10.0 Å². The van der Waals surface area contributed by atoms with E-state index in [1.54, 1.807) is 18.2 Å². The van der Waals surface area contributed by atoms with Crippen LogP contribution in [0.25, 0.3) is 0 Å². The summed E-state index contributed by atoms with van der Waals surface area (Å²) in [6.45, 7) is 1.54. The maximum atomic E-state index is 11.7. The molecule has 0 fully saturated rings. The van der Waals surface area contributed by atoms with Gasteiger partial charge in [0.25, 0.3) is 0 Å². The number of hydrogen-bond donors (Lipinski definition) is 1. The molecule has 0 saturated carbocycles. The average Bonchev–Trinajstić information content (AvgIpc) is 2.23. The van der Waals surface area contributed by atoms with Crippen LogP contribution in [-0.2, 0) is 21.3 Å². The largest absolute Gasteiger partial charge is 0.481 e. The van der Waals surface area contributed by atoms with Crippen molar-refractivity contribution in [3.05, 3.63) is 33.8 Å². The molecule has 1 aromatic rings. The highest BCUT2D eigenvalue weighted by Crippen LogP contribution is 2.23. The van der Waals surface area contributed by atoms with Crippen LogP contribution in [0.2, 0.25) is 10.0 Å². The molecule has 3 nitrogen and oxygen atoms in total. The molecule has 94 valence electrons. The number of halogens is 2. The lowest BCUT2D eigenvalue weighted by atomic mass is 10.2. The number of carboxylic acids is 1. The van der Waals surface area contributed by atoms with Gasteiger partial charge < -0.3 is 5.11 Å². The fourth-order valence-electron chi connectivity index (χ4n) is 1.22. The molecule has 1 N–H and O–H groups in total. The number of rotatable bonds is 5. The zero-order valence-corrected chi connectivity index (χ0v) is 11.5. The van der Waals surface area contributed by atoms with Gasteiger partial charge in [0.05, 0.1) is 16.0 Å². The van der Waals surface area contributed by atoms with Crippen molar-refractivity contribution in [2.45, 2.75) is 12.7 Å². The Morgan fingerprint density at radius 2 is 2.06 bits per heavy atom. The lowest BCUT2D eigenvalue weighted by Gasteiger charge is -2.07. The van der Waals surface area contributed by atoms with Crippen molar-refractivity contribution < 1.29 is 14.1 Å². The van der Waals surface area contributed by atoms with Crippen LogP contribution in [0.1, 0.15) is 12.5 Å². The smallest absolute Gasteiger partial charge is 0.307 e. The Balaban J connectivity index is 2.62. The summed E-state index contributed by atoms with van der Waals surface area (Å²) >= 11 is 11.6. The van der Waals surface area contributed by atoms with Crippen molar-refractivity contribution in [1.29, 1.82) is 0 Å². The minimum atomic E-state index is -1.22. The standard InChI is InChI=1S/C11H12Cl2O3S/c1-7(11(14)15)5-17(16)6-8-2-3-9(12)10(13)4-8/h2-4,7H,5-6H2,1H3,(H,14,15). The molecule has 0 heterocycles. The Labute approximate surface area is 112 Å². The van der Waals surface area contributed by atoms with E-state index in [-0.39, 0.29) is 11.5 Å². The third-order valence-electron chi connectivity index (χ3n) is 2.17. The van der Waals surface area contributed by atoms with E-state index < -0.39 is 22.7 Å². The Bertz CT molecular complexity index is 448. The van der Waals surface area contributed by atoms with Gasteiger partial charge in [0, 0.05) is 22.3 Å². The van der Waals surface area contributed by atoms with Crippen LogP contribution in [-0.4, -0.2) is 21.0 Å². The van der Waals surface area contributed by atoms with Gasteiger partial charge in [-0.1, -0.05) is 36.2 Å². The molecule has 1 aromatic carbocycles. The molecule has 0 aliphatic carbocycles. The highest BCUT2D eigenvalue weighted by molar-refractivity contribution is 7.84. The third kappa shape index (κ3) is 4.66. The zero-order chi connectivity index (χ0) is 13.0. The molecule has 0 aliphatic heterocycles. The molecule has 0 amide bonds. The summed E-state index contributed by atoms with van der Waals surface area (Å²) in [6, 6.07) is 5.02. The summed E-state index contributed by atoms with van der Waals surface area (Å²) in [6.07, 6.45) is 0. The van der Waals surface area contributed by atoms with Crippen LogP contribution >= 0.6 is 23.2 Å². The topological polar surface area (TPSA) is 54.4 Å². The van der Waals surface area contributed by atoms with Crippen LogP contribution in [0.4, 0.5) is 0 Å². The summed E-state index contributed by atoms with van der Waals surface area (Å²) in [7, 11) is -1.22. The molecule has 2 unspecified atom stereocenters. The molecule has 17 heavy (non-hydrogen) atoms. The number of benzene rings is 1. The van der Waals surface area contributed by atoms with E-state index in [1.807, 2.05) is 0 Å². The lowest BCUT2D eigenvalue weighted by molar-refractivity contribution is -0.140. The molecule has 1 rings (SSSR count). The van der Waals surface area contributed by atoms with Crippen molar-refractivity contribution in [3.63, 3.8) is 0 Å². The normalized spacial score (nSPS) is 14.3. The molecule has 0 spiro atoms. The minimum absolute atomic E-state index is 0.135. The van der Waals surface area contributed by atoms with Gasteiger partial charge in [0.15, 0.2) is 0 Å². The highest BCUT2D eigenvalue weighted by Gasteiger charge is 2.15. The predicted octanol–water partition coefficient (Wildman–Crippen LogP) is 2.96. The summed E-state index contributed by atoms with van der Waals surface area (Å²) < 4.78 is 11.7. The van der Waals surface area contributed by atoms with Crippen molar-refractivity contribution in [3.8, 4) is 0 Å². The molecular formula is C11H12Cl2O3S. The van der Waals surface area contributed by atoms with E-state index in [9.17, 15) is 9.00 Å². The van der Waals surface area contributed by atoms with Gasteiger partial charge in [-0.05, 0) is 17.7 Å². The fraction of sp³-hybridized carbons (Fsp3) is 0.364. The van der Waals surface area contributed by atoms with Crippen LogP contribution in [0.5, 0.6) is 0 Å². The Morgan fingerprint density at radius 1 is 1.41 bits per heavy atom. The van der Waals surface area contributed by atoms with Gasteiger partial charge >= 0.3 is 5.97 Å². The predicted molar refractivity (Wildman–Crippen MR) is 70.0 cm³/mol. The van der Waals surface area contributed by atoms with Crippen LogP contribution in [0, 0.1) is 5.92 Å². The minimum Gasteiger partial charge on any atom is -0.481 e. The molecule has 0 saturated heterocycles. The quantitative estimate of drug-likeness (QED) is 0.908. The first-order valence-corrected chi connectivity index (χ1v) is 7.16. The molecular weight excluding hydrogens is 283 g/mol. The van der Waals surface area contributed by atoms with E-state index >= 15 is 0 Å². The number of carboxylic acid groups (broad SMARTS) is 1. The van der Waals surface area contributed by atoms with Crippen LogP contribution < -0.4 is 0 Å². The summed E-state index contributed by atoms with van der Waals surface area (Å²) in [5, 5.41) is 9.56. The van der Waals surface area contributed by atoms with Crippen molar-refractivity contribution in [2.24, 2.45) is 5.92 Å². The molecule has 2 atom stereocenters. The van der Waals surface area contributed by atoms with E-state index in [4.69, 9.17) is 28.3 Å². The first kappa shape index (κ1) is 14.5. The zero-order valence-electron chi connectivity index (χ0n) is 9.15. The highest BCUT2D eigenvalue weighted by atomic mass is 35.5. The fourth-order valence-corrected chi connectivity index (χ4v) is 2.91. The van der Waals surface area contributed by atoms with Gasteiger partial charge in [-0.2, -0.15) is 0 Å². The van der Waals surface area contributed by atoms with Gasteiger partial charge in [-0.15, -0.1) is 0 Å². The average molecular weight is 295 g/mol. The van der Waals surface area contributed by atoms with Gasteiger partial charge in [-0.3, -0.25) is 9.00 Å². The van der Waals surface area contributed by atoms with Gasteiger partial charge in [0.1, 0.15) is 0 Å². The first-order chi connectivity index (χ1) is 7.90. The second-order valence-corrected chi connectivity index (χ2v) is 6.05. The molecule has 0 aliphatic rings. The van der Waals surface area contributed by atoms with Crippen LogP contribution in [0.15, 0.2) is 18.2 Å². The molecule has 0 radical (unpaired) electrons. The Morgan fingerprint density at radius 3 is 2.59 bits per heavy atom. The van der Waals surface area contributed by atoms with Gasteiger partial charge in [0.2, 0.25) is 0 Å². The van der Waals surface area contributed by atoms with Crippen molar-refractivity contribution >= 4 is 40.0 Å². The summed E-state index contributed by atoms with van der Waals surface area (Å²) in [5.41, 5.74) is 0.787. The third-order valence-corrected chi connectivity index (χ3v) is 4.44. The number of carbonyl (C=O) groups is 1. The lowest BCUT2D eigenvalue weighted by Crippen LogP contribution is -2.18. The Kier molecular flexibility index (Phi) is 5.43. The van der Waals surface area contributed by atoms with Gasteiger partial charge in [-0.25, -0.2) is 0 Å². The second kappa shape index (κ2) is 6.38. The Hall–Kier alpha value is -0.580. The molecule has 6 heteroatoms. The number of aliphatic carboxylic acids is 1. The van der Waals surface area contributed by atoms with E-state index in [0.717, 1.165) is 5.56 Å². The second-order valence-electron chi connectivity index (χ2n) is 3.74. The molecule has 0 bridgehead atoms. The van der Waals surface area contributed by atoms with E-state index in [1.165, 1.54) is 6.92 Å². The maximum Gasteiger partial charge on any atom is 0.307 e. The SMILES string of the molecule is CC(CS(=O)Cc1ccc(Cl)c(Cl)c1)C(=O)O. The summed E-state index contributed by atoms with van der Waals surface area (Å²) in [5.74, 6) is -1.13. The van der Waals surface area contributed by atoms with Crippen molar-refractivity contribution in [2.75, 3.05) is 5.75 Å². The van der Waals surface area contributed by atoms with Crippen LogP contribution in [0.3, 0.4) is 0 Å².